The SMILES string of the molecule is Cc1ccccc1NC(=O)COc1ccc(Cl)cc1C. The minimum absolute atomic E-state index is 0.0309. The lowest BCUT2D eigenvalue weighted by Crippen LogP contribution is -2.20. The maximum absolute atomic E-state index is 11.9. The molecule has 0 aliphatic carbocycles. The Labute approximate surface area is 123 Å². The minimum atomic E-state index is -0.186. The fraction of sp³-hybridized carbons (Fsp3) is 0.188. The maximum atomic E-state index is 11.9. The van der Waals surface area contributed by atoms with Crippen LogP contribution in [-0.2, 0) is 4.79 Å². The standard InChI is InChI=1S/C16H16ClNO2/c1-11-5-3-4-6-14(11)18-16(19)10-20-15-8-7-13(17)9-12(15)2/h3-9H,10H2,1-2H3,(H,18,19). The molecule has 20 heavy (non-hydrogen) atoms. The van der Waals surface area contributed by atoms with Crippen molar-refractivity contribution in [1.29, 1.82) is 0 Å². The monoisotopic (exact) mass is 289 g/mol. The highest BCUT2D eigenvalue weighted by Gasteiger charge is 2.07. The second-order valence-corrected chi connectivity index (χ2v) is 5.00. The normalized spacial score (nSPS) is 10.2. The summed E-state index contributed by atoms with van der Waals surface area (Å²) in [5.41, 5.74) is 2.72. The molecule has 1 N–H and O–H groups in total. The Morgan fingerprint density at radius 2 is 1.90 bits per heavy atom. The van der Waals surface area contributed by atoms with E-state index in [2.05, 4.69) is 5.32 Å². The third-order valence-corrected chi connectivity index (χ3v) is 3.15. The summed E-state index contributed by atoms with van der Waals surface area (Å²) in [6, 6.07) is 12.9. The molecule has 0 aromatic heterocycles. The van der Waals surface area contributed by atoms with Crippen LogP contribution in [0.3, 0.4) is 0 Å². The number of ether oxygens (including phenoxy) is 1. The summed E-state index contributed by atoms with van der Waals surface area (Å²) in [6.07, 6.45) is 0. The van der Waals surface area contributed by atoms with Crippen molar-refractivity contribution in [2.45, 2.75) is 13.8 Å². The number of aryl methyl sites for hydroxylation is 2. The minimum Gasteiger partial charge on any atom is -0.483 e. The first-order valence-electron chi connectivity index (χ1n) is 6.30. The summed E-state index contributed by atoms with van der Waals surface area (Å²) in [7, 11) is 0. The average Bonchev–Trinajstić information content (AvgIpc) is 2.40. The number of anilines is 1. The van der Waals surface area contributed by atoms with Crippen LogP contribution in [0.25, 0.3) is 0 Å². The molecule has 2 rings (SSSR count). The topological polar surface area (TPSA) is 38.3 Å². The van der Waals surface area contributed by atoms with E-state index in [1.54, 1.807) is 18.2 Å². The summed E-state index contributed by atoms with van der Waals surface area (Å²) in [5, 5.41) is 3.47. The number of para-hydroxylation sites is 1. The van der Waals surface area contributed by atoms with E-state index in [9.17, 15) is 4.79 Å². The summed E-state index contributed by atoms with van der Waals surface area (Å²) >= 11 is 5.87. The van der Waals surface area contributed by atoms with Crippen LogP contribution < -0.4 is 10.1 Å². The molecule has 0 saturated heterocycles. The molecule has 0 radical (unpaired) electrons. The molecule has 4 heteroatoms. The summed E-state index contributed by atoms with van der Waals surface area (Å²) in [6.45, 7) is 3.80. The van der Waals surface area contributed by atoms with Gasteiger partial charge in [-0.3, -0.25) is 4.79 Å². The molecule has 0 aliphatic heterocycles. The van der Waals surface area contributed by atoms with Crippen LogP contribution in [0.2, 0.25) is 5.02 Å². The second-order valence-electron chi connectivity index (χ2n) is 4.56. The number of halogens is 1. The fourth-order valence-electron chi connectivity index (χ4n) is 1.82. The molecule has 2 aromatic rings. The summed E-state index contributed by atoms with van der Waals surface area (Å²) in [4.78, 5) is 11.9. The molecule has 0 spiro atoms. The lowest BCUT2D eigenvalue weighted by Gasteiger charge is -2.11. The van der Waals surface area contributed by atoms with Crippen LogP contribution in [0.5, 0.6) is 5.75 Å². The molecule has 3 nitrogen and oxygen atoms in total. The van der Waals surface area contributed by atoms with Gasteiger partial charge in [0.2, 0.25) is 0 Å². The van der Waals surface area contributed by atoms with Crippen molar-refractivity contribution in [2.24, 2.45) is 0 Å². The molecule has 1 amide bonds. The van der Waals surface area contributed by atoms with Crippen molar-refractivity contribution in [3.63, 3.8) is 0 Å². The first kappa shape index (κ1) is 14.4. The van der Waals surface area contributed by atoms with Crippen molar-refractivity contribution >= 4 is 23.2 Å². The van der Waals surface area contributed by atoms with Crippen LogP contribution in [0.4, 0.5) is 5.69 Å². The zero-order valence-corrected chi connectivity index (χ0v) is 12.2. The predicted molar refractivity (Wildman–Crippen MR) is 81.5 cm³/mol. The fourth-order valence-corrected chi connectivity index (χ4v) is 2.04. The Morgan fingerprint density at radius 3 is 2.60 bits per heavy atom. The van der Waals surface area contributed by atoms with Gasteiger partial charge in [0, 0.05) is 10.7 Å². The van der Waals surface area contributed by atoms with E-state index in [1.165, 1.54) is 0 Å². The van der Waals surface area contributed by atoms with E-state index in [4.69, 9.17) is 16.3 Å². The van der Waals surface area contributed by atoms with Crippen LogP contribution >= 0.6 is 11.6 Å². The van der Waals surface area contributed by atoms with Crippen molar-refractivity contribution in [3.8, 4) is 5.75 Å². The van der Waals surface area contributed by atoms with Gasteiger partial charge in [-0.25, -0.2) is 0 Å². The molecular weight excluding hydrogens is 274 g/mol. The van der Waals surface area contributed by atoms with E-state index >= 15 is 0 Å². The number of amides is 1. The van der Waals surface area contributed by atoms with Gasteiger partial charge in [-0.1, -0.05) is 29.8 Å². The molecular formula is C16H16ClNO2. The van der Waals surface area contributed by atoms with Crippen molar-refractivity contribution in [3.05, 3.63) is 58.6 Å². The number of hydrogen-bond donors (Lipinski definition) is 1. The Morgan fingerprint density at radius 1 is 1.15 bits per heavy atom. The lowest BCUT2D eigenvalue weighted by molar-refractivity contribution is -0.118. The highest BCUT2D eigenvalue weighted by atomic mass is 35.5. The van der Waals surface area contributed by atoms with Gasteiger partial charge in [0.05, 0.1) is 0 Å². The summed E-state index contributed by atoms with van der Waals surface area (Å²) < 4.78 is 5.49. The molecule has 0 heterocycles. The maximum Gasteiger partial charge on any atom is 0.262 e. The Bertz CT molecular complexity index is 626. The highest BCUT2D eigenvalue weighted by Crippen LogP contribution is 2.21. The van der Waals surface area contributed by atoms with Crippen LogP contribution in [0.15, 0.2) is 42.5 Å². The lowest BCUT2D eigenvalue weighted by atomic mass is 10.2. The van der Waals surface area contributed by atoms with Gasteiger partial charge >= 0.3 is 0 Å². The molecule has 0 bridgehead atoms. The van der Waals surface area contributed by atoms with Crippen molar-refractivity contribution in [1.82, 2.24) is 0 Å². The number of nitrogens with one attached hydrogen (secondary N) is 1. The van der Waals surface area contributed by atoms with E-state index < -0.39 is 0 Å². The first-order valence-corrected chi connectivity index (χ1v) is 6.68. The average molecular weight is 290 g/mol. The van der Waals surface area contributed by atoms with Gasteiger partial charge < -0.3 is 10.1 Å². The van der Waals surface area contributed by atoms with E-state index in [0.717, 1.165) is 16.8 Å². The van der Waals surface area contributed by atoms with E-state index in [-0.39, 0.29) is 12.5 Å². The Kier molecular flexibility index (Phi) is 4.64. The van der Waals surface area contributed by atoms with Crippen LogP contribution in [0, 0.1) is 13.8 Å². The van der Waals surface area contributed by atoms with Gasteiger partial charge in [0.15, 0.2) is 6.61 Å². The molecule has 0 aliphatic rings. The first-order chi connectivity index (χ1) is 9.56. The zero-order valence-electron chi connectivity index (χ0n) is 11.4. The van der Waals surface area contributed by atoms with Gasteiger partial charge in [-0.15, -0.1) is 0 Å². The summed E-state index contributed by atoms with van der Waals surface area (Å²) in [5.74, 6) is 0.475. The number of rotatable bonds is 4. The number of benzene rings is 2. The van der Waals surface area contributed by atoms with Gasteiger partial charge in [-0.05, 0) is 49.2 Å². The van der Waals surface area contributed by atoms with Crippen LogP contribution in [-0.4, -0.2) is 12.5 Å². The molecule has 104 valence electrons. The van der Waals surface area contributed by atoms with Gasteiger partial charge in [0.25, 0.3) is 5.91 Å². The van der Waals surface area contributed by atoms with Gasteiger partial charge in [-0.2, -0.15) is 0 Å². The molecule has 0 atom stereocenters. The molecule has 2 aromatic carbocycles. The number of carbonyl (C=O) groups excluding carboxylic acids is 1. The van der Waals surface area contributed by atoms with E-state index in [0.29, 0.717) is 10.8 Å². The zero-order chi connectivity index (χ0) is 14.5. The smallest absolute Gasteiger partial charge is 0.262 e. The predicted octanol–water partition coefficient (Wildman–Crippen LogP) is 3.97. The number of carbonyl (C=O) groups is 1. The highest BCUT2D eigenvalue weighted by molar-refractivity contribution is 6.30. The molecule has 0 fully saturated rings. The van der Waals surface area contributed by atoms with E-state index in [1.807, 2.05) is 38.1 Å². The Balaban J connectivity index is 1.94. The Hall–Kier alpha value is -2.00. The second kappa shape index (κ2) is 6.44. The third kappa shape index (κ3) is 3.75. The largest absolute Gasteiger partial charge is 0.483 e. The quantitative estimate of drug-likeness (QED) is 0.925. The molecule has 0 unspecified atom stereocenters. The molecule has 0 saturated carbocycles. The van der Waals surface area contributed by atoms with Crippen LogP contribution in [0.1, 0.15) is 11.1 Å². The van der Waals surface area contributed by atoms with Crippen molar-refractivity contribution in [2.75, 3.05) is 11.9 Å². The number of hydrogen-bond acceptors (Lipinski definition) is 2. The third-order valence-electron chi connectivity index (χ3n) is 2.91. The van der Waals surface area contributed by atoms with Crippen molar-refractivity contribution < 1.29 is 9.53 Å². The van der Waals surface area contributed by atoms with Gasteiger partial charge in [0.1, 0.15) is 5.75 Å².